The zero-order valence-electron chi connectivity index (χ0n) is 11.3. The molecule has 0 aliphatic rings. The maximum Gasteiger partial charge on any atom is 0.251 e. The predicted molar refractivity (Wildman–Crippen MR) is 74.6 cm³/mol. The van der Waals surface area contributed by atoms with Gasteiger partial charge in [-0.1, -0.05) is 0 Å². The Balaban J connectivity index is 2.53. The molecule has 0 atom stereocenters. The first-order chi connectivity index (χ1) is 9.43. The lowest BCUT2D eigenvalue weighted by Gasteiger charge is -2.19. The van der Waals surface area contributed by atoms with Crippen LogP contribution in [0.25, 0.3) is 0 Å². The van der Waals surface area contributed by atoms with Crippen molar-refractivity contribution in [2.45, 2.75) is 6.92 Å². The van der Waals surface area contributed by atoms with Gasteiger partial charge in [-0.25, -0.2) is 0 Å². The number of likely N-dealkylation sites (N-methyl/N-ethyl adjacent to an activating group) is 1. The number of carbonyl (C=O) groups is 3. The second-order valence-corrected chi connectivity index (χ2v) is 4.18. The fourth-order valence-electron chi connectivity index (χ4n) is 1.57. The lowest BCUT2D eigenvalue weighted by atomic mass is 10.2. The van der Waals surface area contributed by atoms with Crippen LogP contribution in [0.1, 0.15) is 17.3 Å². The maximum atomic E-state index is 11.8. The van der Waals surface area contributed by atoms with Gasteiger partial charge in [-0.3, -0.25) is 14.4 Å². The van der Waals surface area contributed by atoms with E-state index in [-0.39, 0.29) is 24.9 Å². The van der Waals surface area contributed by atoms with Gasteiger partial charge in [0.25, 0.3) is 5.91 Å². The van der Waals surface area contributed by atoms with Gasteiger partial charge in [0.15, 0.2) is 0 Å². The highest BCUT2D eigenvalue weighted by Crippen LogP contribution is 2.04. The highest BCUT2D eigenvalue weighted by Gasteiger charge is 2.15. The molecule has 1 rings (SSSR count). The van der Waals surface area contributed by atoms with Gasteiger partial charge >= 0.3 is 0 Å². The molecule has 0 aliphatic heterocycles. The van der Waals surface area contributed by atoms with Gasteiger partial charge in [0, 0.05) is 17.8 Å². The summed E-state index contributed by atoms with van der Waals surface area (Å²) in [6.07, 6.45) is 0. The van der Waals surface area contributed by atoms with Gasteiger partial charge in [-0.15, -0.1) is 0 Å². The number of hydrogen-bond donors (Lipinski definition) is 3. The first kappa shape index (κ1) is 15.5. The van der Waals surface area contributed by atoms with Crippen LogP contribution >= 0.6 is 0 Å². The molecule has 7 heteroatoms. The Kier molecular flexibility index (Phi) is 5.52. The van der Waals surface area contributed by atoms with E-state index in [0.29, 0.717) is 17.8 Å². The van der Waals surface area contributed by atoms with E-state index in [1.54, 1.807) is 31.2 Å². The van der Waals surface area contributed by atoms with Crippen molar-refractivity contribution in [3.05, 3.63) is 29.8 Å². The Labute approximate surface area is 116 Å². The molecule has 20 heavy (non-hydrogen) atoms. The van der Waals surface area contributed by atoms with Crippen LogP contribution in [-0.4, -0.2) is 42.3 Å². The Hall–Kier alpha value is -2.57. The van der Waals surface area contributed by atoms with E-state index >= 15 is 0 Å². The Morgan fingerprint density at radius 3 is 2.30 bits per heavy atom. The summed E-state index contributed by atoms with van der Waals surface area (Å²) in [6.45, 7) is 1.72. The van der Waals surface area contributed by atoms with Crippen LogP contribution in [-0.2, 0) is 9.59 Å². The summed E-state index contributed by atoms with van der Waals surface area (Å²) >= 11 is 0. The lowest BCUT2D eigenvalue weighted by molar-refractivity contribution is -0.134. The fraction of sp³-hybridized carbons (Fsp3) is 0.308. The van der Waals surface area contributed by atoms with Crippen molar-refractivity contribution in [1.29, 1.82) is 0 Å². The molecule has 3 amide bonds. The number of carbonyl (C=O) groups excluding carboxylic acids is 3. The van der Waals surface area contributed by atoms with E-state index in [9.17, 15) is 14.4 Å². The lowest BCUT2D eigenvalue weighted by Crippen LogP contribution is -2.43. The van der Waals surface area contributed by atoms with E-state index in [0.717, 1.165) is 0 Å². The number of amides is 3. The molecule has 0 spiro atoms. The van der Waals surface area contributed by atoms with Crippen LogP contribution in [0.5, 0.6) is 0 Å². The fourth-order valence-corrected chi connectivity index (χ4v) is 1.57. The maximum absolute atomic E-state index is 11.8. The highest BCUT2D eigenvalue weighted by molar-refractivity contribution is 5.97. The summed E-state index contributed by atoms with van der Waals surface area (Å²) in [5, 5.41) is 2.48. The summed E-state index contributed by atoms with van der Waals surface area (Å²) in [4.78, 5) is 35.6. The number of benzene rings is 1. The molecule has 1 aromatic carbocycles. The standard InChI is InChI=1S/C13H18N4O3/c1-2-17(8-11(15)18)12(19)7-16-13(20)9-3-5-10(14)6-4-9/h3-6H,2,7-8,14H2,1H3,(H2,15,18)(H,16,20). The van der Waals surface area contributed by atoms with Gasteiger partial charge in [0.2, 0.25) is 11.8 Å². The molecule has 0 radical (unpaired) electrons. The highest BCUT2D eigenvalue weighted by atomic mass is 16.2. The topological polar surface area (TPSA) is 119 Å². The zero-order chi connectivity index (χ0) is 15.1. The number of nitrogens with zero attached hydrogens (tertiary/aromatic N) is 1. The van der Waals surface area contributed by atoms with Gasteiger partial charge in [0.05, 0.1) is 13.1 Å². The van der Waals surface area contributed by atoms with Crippen LogP contribution in [0, 0.1) is 0 Å². The minimum absolute atomic E-state index is 0.160. The van der Waals surface area contributed by atoms with Crippen LogP contribution in [0.2, 0.25) is 0 Å². The van der Waals surface area contributed by atoms with E-state index < -0.39 is 5.91 Å². The van der Waals surface area contributed by atoms with E-state index in [1.807, 2.05) is 0 Å². The summed E-state index contributed by atoms with van der Waals surface area (Å²) in [5.41, 5.74) is 11.5. The number of rotatable bonds is 6. The molecule has 1 aromatic rings. The minimum atomic E-state index is -0.593. The molecule has 108 valence electrons. The van der Waals surface area contributed by atoms with Crippen LogP contribution in [0.15, 0.2) is 24.3 Å². The molecule has 0 unspecified atom stereocenters. The van der Waals surface area contributed by atoms with Crippen molar-refractivity contribution < 1.29 is 14.4 Å². The number of nitrogens with one attached hydrogen (secondary N) is 1. The van der Waals surface area contributed by atoms with Crippen LogP contribution in [0.4, 0.5) is 5.69 Å². The van der Waals surface area contributed by atoms with Crippen LogP contribution < -0.4 is 16.8 Å². The predicted octanol–water partition coefficient (Wildman–Crippen LogP) is -0.668. The van der Waals surface area contributed by atoms with E-state index in [4.69, 9.17) is 11.5 Å². The molecular weight excluding hydrogens is 260 g/mol. The molecule has 0 saturated heterocycles. The van der Waals surface area contributed by atoms with Gasteiger partial charge in [-0.05, 0) is 31.2 Å². The summed E-state index contributed by atoms with van der Waals surface area (Å²) in [6, 6.07) is 6.33. The van der Waals surface area contributed by atoms with E-state index in [2.05, 4.69) is 5.32 Å². The second kappa shape index (κ2) is 7.13. The van der Waals surface area contributed by atoms with Crippen molar-refractivity contribution in [3.8, 4) is 0 Å². The number of primary amides is 1. The van der Waals surface area contributed by atoms with E-state index in [1.165, 1.54) is 4.90 Å². The summed E-state index contributed by atoms with van der Waals surface area (Å²) in [7, 11) is 0. The monoisotopic (exact) mass is 278 g/mol. The first-order valence-corrected chi connectivity index (χ1v) is 6.13. The Morgan fingerprint density at radius 1 is 1.20 bits per heavy atom. The largest absolute Gasteiger partial charge is 0.399 e. The third-order valence-corrected chi connectivity index (χ3v) is 2.65. The number of anilines is 1. The number of nitrogens with two attached hydrogens (primary N) is 2. The first-order valence-electron chi connectivity index (χ1n) is 6.13. The van der Waals surface area contributed by atoms with Gasteiger partial charge in [-0.2, -0.15) is 0 Å². The SMILES string of the molecule is CCN(CC(N)=O)C(=O)CNC(=O)c1ccc(N)cc1. The summed E-state index contributed by atoms with van der Waals surface area (Å²) in [5.74, 6) is -1.34. The third-order valence-electron chi connectivity index (χ3n) is 2.65. The average Bonchev–Trinajstić information content (AvgIpc) is 2.42. The van der Waals surface area contributed by atoms with Gasteiger partial charge in [0.1, 0.15) is 0 Å². The molecule has 0 bridgehead atoms. The Bertz CT molecular complexity index is 499. The minimum Gasteiger partial charge on any atom is -0.399 e. The third kappa shape index (κ3) is 4.60. The van der Waals surface area contributed by atoms with Crippen molar-refractivity contribution in [1.82, 2.24) is 10.2 Å². The Morgan fingerprint density at radius 2 is 1.80 bits per heavy atom. The average molecular weight is 278 g/mol. The normalized spacial score (nSPS) is 9.85. The smallest absolute Gasteiger partial charge is 0.251 e. The molecule has 7 nitrogen and oxygen atoms in total. The molecule has 0 saturated carbocycles. The van der Waals surface area contributed by atoms with Crippen molar-refractivity contribution in [2.24, 2.45) is 5.73 Å². The molecule has 0 aromatic heterocycles. The molecule has 0 fully saturated rings. The second-order valence-electron chi connectivity index (χ2n) is 4.18. The number of hydrogen-bond acceptors (Lipinski definition) is 4. The van der Waals surface area contributed by atoms with Gasteiger partial charge < -0.3 is 21.7 Å². The molecule has 5 N–H and O–H groups in total. The van der Waals surface area contributed by atoms with Crippen molar-refractivity contribution in [2.75, 3.05) is 25.4 Å². The number of nitrogen functional groups attached to an aromatic ring is 1. The summed E-state index contributed by atoms with van der Waals surface area (Å²) < 4.78 is 0. The quantitative estimate of drug-likeness (QED) is 0.598. The van der Waals surface area contributed by atoms with Crippen LogP contribution in [0.3, 0.4) is 0 Å². The molecule has 0 heterocycles. The molecular formula is C13H18N4O3. The zero-order valence-corrected chi connectivity index (χ0v) is 11.3. The molecule has 0 aliphatic carbocycles. The van der Waals surface area contributed by atoms with Crippen molar-refractivity contribution >= 4 is 23.4 Å². The van der Waals surface area contributed by atoms with Crippen molar-refractivity contribution in [3.63, 3.8) is 0 Å².